The molecule has 1 atom stereocenters. The van der Waals surface area contributed by atoms with Crippen LogP contribution in [0.15, 0.2) is 58.5 Å². The Bertz CT molecular complexity index is 1210. The van der Waals surface area contributed by atoms with E-state index in [1.54, 1.807) is 34.7 Å². The van der Waals surface area contributed by atoms with Crippen LogP contribution < -0.4 is 5.56 Å². The van der Waals surface area contributed by atoms with Crippen molar-refractivity contribution in [2.24, 2.45) is 5.92 Å². The van der Waals surface area contributed by atoms with E-state index in [9.17, 15) is 14.4 Å². The largest absolute Gasteiger partial charge is 0.465 e. The number of esters is 1. The molecule has 0 spiro atoms. The van der Waals surface area contributed by atoms with E-state index in [0.717, 1.165) is 5.56 Å². The molecule has 0 saturated heterocycles. The lowest BCUT2D eigenvalue weighted by Gasteiger charge is -2.22. The van der Waals surface area contributed by atoms with Gasteiger partial charge in [-0.25, -0.2) is 9.78 Å². The maximum Gasteiger partial charge on any atom is 0.337 e. The van der Waals surface area contributed by atoms with Gasteiger partial charge in [-0.05, 0) is 36.6 Å². The van der Waals surface area contributed by atoms with Crippen LogP contribution in [0.5, 0.6) is 0 Å². The van der Waals surface area contributed by atoms with Gasteiger partial charge in [0.1, 0.15) is 0 Å². The summed E-state index contributed by atoms with van der Waals surface area (Å²) in [6, 6.07) is 14.5. The van der Waals surface area contributed by atoms with Crippen LogP contribution in [0.25, 0.3) is 10.9 Å². The smallest absolute Gasteiger partial charge is 0.337 e. The van der Waals surface area contributed by atoms with E-state index < -0.39 is 11.2 Å². The second-order valence-corrected chi connectivity index (χ2v) is 9.68. The highest BCUT2D eigenvalue weighted by Gasteiger charge is 2.23. The fourth-order valence-electron chi connectivity index (χ4n) is 3.52. The van der Waals surface area contributed by atoms with Gasteiger partial charge in [0.05, 0.1) is 28.8 Å². The van der Waals surface area contributed by atoms with Crippen molar-refractivity contribution < 1.29 is 14.3 Å². The Morgan fingerprint density at radius 3 is 2.45 bits per heavy atom. The van der Waals surface area contributed by atoms with Crippen molar-refractivity contribution in [3.8, 4) is 0 Å². The van der Waals surface area contributed by atoms with Crippen molar-refractivity contribution in [3.63, 3.8) is 0 Å². The first-order valence-electron chi connectivity index (χ1n) is 10.8. The van der Waals surface area contributed by atoms with Gasteiger partial charge < -0.3 is 9.64 Å². The van der Waals surface area contributed by atoms with Crippen LogP contribution in [-0.2, 0) is 22.6 Å². The van der Waals surface area contributed by atoms with Crippen molar-refractivity contribution in [2.75, 3.05) is 14.2 Å². The Morgan fingerprint density at radius 2 is 1.82 bits per heavy atom. The highest BCUT2D eigenvalue weighted by molar-refractivity contribution is 8.00. The SMILES string of the molecule is COC(=O)c1ccc2c(=O)n(CC(C)C)c(SC(C)C(=O)N(C)Cc3ccccc3)nc2c1. The minimum Gasteiger partial charge on any atom is -0.465 e. The summed E-state index contributed by atoms with van der Waals surface area (Å²) in [5.74, 6) is -0.342. The molecule has 1 heterocycles. The first-order valence-corrected chi connectivity index (χ1v) is 11.7. The number of methoxy groups -OCH3 is 1. The summed E-state index contributed by atoms with van der Waals surface area (Å²) in [5.41, 5.74) is 1.58. The van der Waals surface area contributed by atoms with Crippen LogP contribution in [0.2, 0.25) is 0 Å². The number of hydrogen-bond acceptors (Lipinski definition) is 6. The molecule has 0 aliphatic heterocycles. The van der Waals surface area contributed by atoms with E-state index >= 15 is 0 Å². The number of fused-ring (bicyclic) bond motifs is 1. The molecule has 3 rings (SSSR count). The minimum absolute atomic E-state index is 0.0578. The summed E-state index contributed by atoms with van der Waals surface area (Å²) in [7, 11) is 3.07. The number of aromatic nitrogens is 2. The van der Waals surface area contributed by atoms with E-state index in [1.807, 2.05) is 51.1 Å². The molecule has 2 aromatic carbocycles. The molecule has 1 amide bonds. The van der Waals surface area contributed by atoms with Crippen molar-refractivity contribution in [1.29, 1.82) is 0 Å². The van der Waals surface area contributed by atoms with Crippen molar-refractivity contribution >= 4 is 34.5 Å². The molecule has 174 valence electrons. The molecule has 0 radical (unpaired) electrons. The van der Waals surface area contributed by atoms with Crippen molar-refractivity contribution in [3.05, 3.63) is 70.0 Å². The van der Waals surface area contributed by atoms with Crippen molar-refractivity contribution in [1.82, 2.24) is 14.5 Å². The molecular formula is C25H29N3O4S. The fraction of sp³-hybridized carbons (Fsp3) is 0.360. The van der Waals surface area contributed by atoms with Gasteiger partial charge in [-0.15, -0.1) is 0 Å². The molecule has 8 heteroatoms. The average Bonchev–Trinajstić information content (AvgIpc) is 2.80. The molecule has 0 saturated carbocycles. The molecule has 3 aromatic rings. The van der Waals surface area contributed by atoms with Gasteiger partial charge in [0.15, 0.2) is 5.16 Å². The molecule has 33 heavy (non-hydrogen) atoms. The Morgan fingerprint density at radius 1 is 1.12 bits per heavy atom. The number of carbonyl (C=O) groups excluding carboxylic acids is 2. The lowest BCUT2D eigenvalue weighted by molar-refractivity contribution is -0.129. The molecule has 0 N–H and O–H groups in total. The number of ether oxygens (including phenoxy) is 1. The standard InChI is InChI=1S/C25H29N3O4S/c1-16(2)14-28-23(30)20-12-11-19(24(31)32-5)13-21(20)26-25(28)33-17(3)22(29)27(4)15-18-9-7-6-8-10-18/h6-13,16-17H,14-15H2,1-5H3. The molecular weight excluding hydrogens is 438 g/mol. The monoisotopic (exact) mass is 467 g/mol. The predicted octanol–water partition coefficient (Wildman–Crippen LogP) is 3.98. The van der Waals surface area contributed by atoms with Crippen molar-refractivity contribution in [2.45, 2.75) is 44.3 Å². The Labute approximate surface area is 197 Å². The zero-order chi connectivity index (χ0) is 24.1. The van der Waals surface area contributed by atoms with Crippen LogP contribution in [0.1, 0.15) is 36.7 Å². The topological polar surface area (TPSA) is 81.5 Å². The number of benzene rings is 2. The Balaban J connectivity index is 1.94. The third-order valence-corrected chi connectivity index (χ3v) is 6.24. The summed E-state index contributed by atoms with van der Waals surface area (Å²) in [5, 5.41) is 0.426. The van der Waals surface area contributed by atoms with Gasteiger partial charge in [0, 0.05) is 20.1 Å². The minimum atomic E-state index is -0.495. The van der Waals surface area contributed by atoms with Crippen LogP contribution >= 0.6 is 11.8 Å². The third-order valence-electron chi connectivity index (χ3n) is 5.16. The maximum absolute atomic E-state index is 13.3. The zero-order valence-corrected chi connectivity index (χ0v) is 20.4. The van der Waals surface area contributed by atoms with Crippen LogP contribution in [-0.4, -0.2) is 45.7 Å². The van der Waals surface area contributed by atoms with E-state index in [1.165, 1.54) is 18.9 Å². The number of amides is 1. The van der Waals surface area contributed by atoms with Crippen LogP contribution in [0, 0.1) is 5.92 Å². The highest BCUT2D eigenvalue weighted by atomic mass is 32.2. The van der Waals surface area contributed by atoms with Gasteiger partial charge in [-0.1, -0.05) is 55.9 Å². The van der Waals surface area contributed by atoms with E-state index in [0.29, 0.717) is 34.7 Å². The number of rotatable bonds is 8. The number of carbonyl (C=O) groups is 2. The summed E-state index contributed by atoms with van der Waals surface area (Å²) in [6.07, 6.45) is 0. The first-order chi connectivity index (χ1) is 15.7. The van der Waals surface area contributed by atoms with E-state index in [4.69, 9.17) is 4.74 Å². The van der Waals surface area contributed by atoms with Crippen LogP contribution in [0.3, 0.4) is 0 Å². The second-order valence-electron chi connectivity index (χ2n) is 8.37. The van der Waals surface area contributed by atoms with E-state index in [-0.39, 0.29) is 17.4 Å². The lowest BCUT2D eigenvalue weighted by atomic mass is 10.1. The number of thioether (sulfide) groups is 1. The summed E-state index contributed by atoms with van der Waals surface area (Å²) >= 11 is 1.25. The van der Waals surface area contributed by atoms with E-state index in [2.05, 4.69) is 4.98 Å². The second kappa shape index (κ2) is 10.7. The molecule has 0 fully saturated rings. The normalized spacial score (nSPS) is 12.1. The third kappa shape index (κ3) is 5.82. The molecule has 1 unspecified atom stereocenters. The number of hydrogen-bond donors (Lipinski definition) is 0. The highest BCUT2D eigenvalue weighted by Crippen LogP contribution is 2.25. The first kappa shape index (κ1) is 24.5. The van der Waals surface area contributed by atoms with Gasteiger partial charge >= 0.3 is 5.97 Å². The molecule has 0 bridgehead atoms. The summed E-state index contributed by atoms with van der Waals surface area (Å²) in [4.78, 5) is 44.6. The predicted molar refractivity (Wildman–Crippen MR) is 130 cm³/mol. The van der Waals surface area contributed by atoms with Gasteiger partial charge in [0.25, 0.3) is 5.56 Å². The zero-order valence-electron chi connectivity index (χ0n) is 19.6. The van der Waals surface area contributed by atoms with Gasteiger partial charge in [-0.2, -0.15) is 0 Å². The fourth-order valence-corrected chi connectivity index (χ4v) is 4.55. The Hall–Kier alpha value is -3.13. The summed E-state index contributed by atoms with van der Waals surface area (Å²) in [6.45, 7) is 6.83. The number of nitrogens with zero attached hydrogens (tertiary/aromatic N) is 3. The lowest BCUT2D eigenvalue weighted by Crippen LogP contribution is -2.34. The molecule has 7 nitrogen and oxygen atoms in total. The quantitative estimate of drug-likeness (QED) is 0.283. The Kier molecular flexibility index (Phi) is 7.92. The molecule has 0 aliphatic carbocycles. The average molecular weight is 468 g/mol. The molecule has 0 aliphatic rings. The summed E-state index contributed by atoms with van der Waals surface area (Å²) < 4.78 is 6.41. The molecule has 1 aromatic heterocycles. The van der Waals surface area contributed by atoms with Gasteiger partial charge in [0.2, 0.25) is 5.91 Å². The maximum atomic E-state index is 13.3. The van der Waals surface area contributed by atoms with Crippen LogP contribution in [0.4, 0.5) is 0 Å². The van der Waals surface area contributed by atoms with Gasteiger partial charge in [-0.3, -0.25) is 14.2 Å².